The lowest BCUT2D eigenvalue weighted by atomic mass is 9.84. The molecule has 160 valence electrons. The van der Waals surface area contributed by atoms with E-state index in [0.29, 0.717) is 11.4 Å². The first-order valence-electron chi connectivity index (χ1n) is 11.3. The van der Waals surface area contributed by atoms with Crippen LogP contribution in [0.15, 0.2) is 10.7 Å². The van der Waals surface area contributed by atoms with Crippen LogP contribution < -0.4 is 0 Å². The van der Waals surface area contributed by atoms with Crippen LogP contribution in [0.5, 0.6) is 0 Å². The van der Waals surface area contributed by atoms with Crippen molar-refractivity contribution >= 4 is 23.9 Å². The number of aromatic amines is 1. The molecule has 2 heterocycles. The van der Waals surface area contributed by atoms with Crippen molar-refractivity contribution in [3.05, 3.63) is 28.2 Å². The minimum Gasteiger partial charge on any atom is -0.352 e. The van der Waals surface area contributed by atoms with Crippen LogP contribution >= 0.6 is 0 Å². The number of aldehydes is 2. The predicted molar refractivity (Wildman–Crippen MR) is 122 cm³/mol. The van der Waals surface area contributed by atoms with Crippen molar-refractivity contribution in [1.82, 2.24) is 4.98 Å². The molecule has 1 aromatic heterocycles. The summed E-state index contributed by atoms with van der Waals surface area (Å²) in [4.78, 5) is 31.0. The van der Waals surface area contributed by atoms with Gasteiger partial charge in [-0.05, 0) is 43.4 Å². The van der Waals surface area contributed by atoms with Gasteiger partial charge in [0.25, 0.3) is 0 Å². The molecule has 0 radical (unpaired) electrons. The molecule has 0 fully saturated rings. The zero-order valence-electron chi connectivity index (χ0n) is 19.0. The summed E-state index contributed by atoms with van der Waals surface area (Å²) in [5.74, 6) is 0. The Kier molecular flexibility index (Phi) is 8.60. The Morgan fingerprint density at radius 3 is 2.10 bits per heavy atom. The molecule has 1 N–H and O–H groups in total. The number of carbonyl (C=O) groups excluding carboxylic acids is 2. The Morgan fingerprint density at radius 2 is 1.59 bits per heavy atom. The van der Waals surface area contributed by atoms with E-state index in [-0.39, 0.29) is 5.41 Å². The lowest BCUT2D eigenvalue weighted by Gasteiger charge is -2.16. The van der Waals surface area contributed by atoms with Crippen molar-refractivity contribution in [1.29, 1.82) is 0 Å². The molecule has 0 aromatic carbocycles. The molecule has 0 saturated carbocycles. The summed E-state index contributed by atoms with van der Waals surface area (Å²) in [7, 11) is 0. The molecule has 0 bridgehead atoms. The fourth-order valence-corrected chi connectivity index (χ4v) is 4.19. The van der Waals surface area contributed by atoms with Crippen LogP contribution in [0, 0.1) is 19.3 Å². The molecule has 2 rings (SSSR count). The Labute approximate surface area is 176 Å². The molecular weight excluding hydrogens is 360 g/mol. The maximum atomic E-state index is 11.5. The number of hydrogen-bond acceptors (Lipinski definition) is 3. The van der Waals surface area contributed by atoms with Crippen LogP contribution in [-0.2, 0) is 4.79 Å². The largest absolute Gasteiger partial charge is 0.352 e. The van der Waals surface area contributed by atoms with E-state index in [4.69, 9.17) is 4.99 Å². The van der Waals surface area contributed by atoms with Crippen molar-refractivity contribution in [3.63, 3.8) is 0 Å². The Balaban J connectivity index is 2.18. The van der Waals surface area contributed by atoms with Gasteiger partial charge < -0.3 is 4.98 Å². The van der Waals surface area contributed by atoms with E-state index in [1.165, 1.54) is 50.5 Å². The summed E-state index contributed by atoms with van der Waals surface area (Å²) in [6.45, 7) is 10.4. The van der Waals surface area contributed by atoms with Crippen LogP contribution in [0.25, 0.3) is 5.57 Å². The van der Waals surface area contributed by atoms with Gasteiger partial charge in [-0.15, -0.1) is 0 Å². The normalized spacial score (nSPS) is 17.3. The molecule has 1 aromatic rings. The highest BCUT2D eigenvalue weighted by Gasteiger charge is 2.34. The third kappa shape index (κ3) is 5.77. The second kappa shape index (κ2) is 10.7. The second-order valence-electron chi connectivity index (χ2n) is 9.11. The van der Waals surface area contributed by atoms with E-state index < -0.39 is 0 Å². The van der Waals surface area contributed by atoms with Gasteiger partial charge in [0.05, 0.1) is 11.4 Å². The number of aliphatic imine (C=N–C) groups is 1. The average Bonchev–Trinajstić information content (AvgIpc) is 3.16. The quantitative estimate of drug-likeness (QED) is 0.312. The van der Waals surface area contributed by atoms with Gasteiger partial charge in [0.1, 0.15) is 0 Å². The van der Waals surface area contributed by atoms with Crippen LogP contribution in [0.1, 0.15) is 112 Å². The first kappa shape index (κ1) is 23.3. The van der Waals surface area contributed by atoms with Crippen LogP contribution in [-0.4, -0.2) is 23.3 Å². The highest BCUT2D eigenvalue weighted by atomic mass is 16.1. The van der Waals surface area contributed by atoms with Crippen molar-refractivity contribution in [2.24, 2.45) is 10.4 Å². The van der Waals surface area contributed by atoms with E-state index >= 15 is 0 Å². The minimum atomic E-state index is -0.232. The van der Waals surface area contributed by atoms with E-state index in [9.17, 15) is 9.59 Å². The number of nitrogens with zero attached hydrogens (tertiary/aromatic N) is 1. The van der Waals surface area contributed by atoms with Gasteiger partial charge in [0, 0.05) is 23.2 Å². The molecule has 4 nitrogen and oxygen atoms in total. The summed E-state index contributed by atoms with van der Waals surface area (Å²) in [5, 5.41) is 0. The highest BCUT2D eigenvalue weighted by molar-refractivity contribution is 6.32. The Hall–Kier alpha value is -1.97. The Bertz CT molecular complexity index is 781. The maximum absolute atomic E-state index is 11.5. The number of hydrogen-bond donors (Lipinski definition) is 1. The number of allylic oxidation sites excluding steroid dienone is 2. The SMILES string of the molecule is CCCCCCCCCC/C(=C1\CC(C)(C)C(C=O)=N1)c1[nH]c(C=O)c(C)c1C. The molecule has 1 aliphatic rings. The minimum absolute atomic E-state index is 0.232. The number of rotatable bonds is 12. The first-order chi connectivity index (χ1) is 13.9. The first-order valence-corrected chi connectivity index (χ1v) is 11.3. The van der Waals surface area contributed by atoms with Crippen molar-refractivity contribution in [2.75, 3.05) is 0 Å². The number of carbonyl (C=O) groups is 2. The Morgan fingerprint density at radius 1 is 0.966 bits per heavy atom. The fraction of sp³-hybridized carbons (Fsp3) is 0.640. The summed E-state index contributed by atoms with van der Waals surface area (Å²) >= 11 is 0. The molecule has 1 aliphatic heterocycles. The summed E-state index contributed by atoms with van der Waals surface area (Å²) in [6, 6.07) is 0. The molecule has 0 aliphatic carbocycles. The van der Waals surface area contributed by atoms with Crippen molar-refractivity contribution in [2.45, 2.75) is 98.8 Å². The highest BCUT2D eigenvalue weighted by Crippen LogP contribution is 2.40. The van der Waals surface area contributed by atoms with E-state index in [1.54, 1.807) is 0 Å². The monoisotopic (exact) mass is 398 g/mol. The van der Waals surface area contributed by atoms with E-state index in [1.807, 2.05) is 6.92 Å². The third-order valence-corrected chi connectivity index (χ3v) is 6.32. The number of H-pyrrole nitrogens is 1. The van der Waals surface area contributed by atoms with Gasteiger partial charge in [0.2, 0.25) is 0 Å². The van der Waals surface area contributed by atoms with Gasteiger partial charge in [0.15, 0.2) is 12.6 Å². The number of aromatic nitrogens is 1. The van der Waals surface area contributed by atoms with Gasteiger partial charge in [-0.3, -0.25) is 14.6 Å². The maximum Gasteiger partial charge on any atom is 0.166 e. The van der Waals surface area contributed by atoms with Gasteiger partial charge in [-0.25, -0.2) is 0 Å². The summed E-state index contributed by atoms with van der Waals surface area (Å²) in [6.07, 6.45) is 13.7. The van der Waals surface area contributed by atoms with Crippen LogP contribution in [0.2, 0.25) is 0 Å². The number of nitrogens with one attached hydrogen (secondary N) is 1. The third-order valence-electron chi connectivity index (χ3n) is 6.32. The van der Waals surface area contributed by atoms with E-state index in [2.05, 4.69) is 32.7 Å². The zero-order chi connectivity index (χ0) is 21.4. The molecule has 0 unspecified atom stereocenters. The molecule has 0 saturated heterocycles. The molecule has 4 heteroatoms. The fourth-order valence-electron chi connectivity index (χ4n) is 4.19. The molecular formula is C25H38N2O2. The number of unbranched alkanes of at least 4 members (excludes halogenated alkanes) is 7. The molecule has 29 heavy (non-hydrogen) atoms. The topological polar surface area (TPSA) is 62.3 Å². The summed E-state index contributed by atoms with van der Waals surface area (Å²) < 4.78 is 0. The van der Waals surface area contributed by atoms with Gasteiger partial charge in [-0.2, -0.15) is 0 Å². The predicted octanol–water partition coefficient (Wildman–Crippen LogP) is 6.76. The van der Waals surface area contributed by atoms with Gasteiger partial charge >= 0.3 is 0 Å². The average molecular weight is 399 g/mol. The lowest BCUT2D eigenvalue weighted by Crippen LogP contribution is -2.20. The lowest BCUT2D eigenvalue weighted by molar-refractivity contribution is -0.103. The molecule has 0 amide bonds. The molecule has 0 spiro atoms. The summed E-state index contributed by atoms with van der Waals surface area (Å²) in [5.41, 5.74) is 6.35. The molecule has 0 atom stereocenters. The van der Waals surface area contributed by atoms with Crippen molar-refractivity contribution in [3.8, 4) is 0 Å². The van der Waals surface area contributed by atoms with Crippen molar-refractivity contribution < 1.29 is 9.59 Å². The second-order valence-corrected chi connectivity index (χ2v) is 9.11. The van der Waals surface area contributed by atoms with Crippen LogP contribution in [0.3, 0.4) is 0 Å². The van der Waals surface area contributed by atoms with Crippen LogP contribution in [0.4, 0.5) is 0 Å². The smallest absolute Gasteiger partial charge is 0.166 e. The van der Waals surface area contributed by atoms with Gasteiger partial charge in [-0.1, -0.05) is 65.7 Å². The zero-order valence-corrected chi connectivity index (χ0v) is 19.0. The van der Waals surface area contributed by atoms with E-state index in [0.717, 1.165) is 54.4 Å². The standard InChI is InChI=1S/C25H38N2O2/c1-6-7-8-9-10-11-12-13-14-20(21-15-25(4,5)23(17-29)26-21)24-19(3)18(2)22(16-28)27-24/h16-17,27H,6-15H2,1-5H3/b21-20-.